The number of hydrogen-bond donors (Lipinski definition) is 1. The summed E-state index contributed by atoms with van der Waals surface area (Å²) in [4.78, 5) is 0. The summed E-state index contributed by atoms with van der Waals surface area (Å²) in [6.07, 6.45) is 1.48. The van der Waals surface area contributed by atoms with E-state index >= 15 is 0 Å². The average Bonchev–Trinajstić information content (AvgIpc) is 1.83. The summed E-state index contributed by atoms with van der Waals surface area (Å²) >= 11 is 5.35. The zero-order chi connectivity index (χ0) is 6.41. The van der Waals surface area contributed by atoms with E-state index in [-0.39, 0.29) is 0 Å². The molecule has 3 heteroatoms. The van der Waals surface area contributed by atoms with Crippen LogP contribution in [0.3, 0.4) is 0 Å². The number of methoxy groups -OCH3 is 1. The third-order valence-corrected chi connectivity index (χ3v) is 1.05. The minimum absolute atomic E-state index is 0.311. The fourth-order valence-electron chi connectivity index (χ4n) is 0.329. The van der Waals surface area contributed by atoms with E-state index in [1.54, 1.807) is 0 Å². The average molecular weight is 136 g/mol. The fourth-order valence-corrected chi connectivity index (χ4v) is 0.463. The van der Waals surface area contributed by atoms with Crippen molar-refractivity contribution in [2.45, 2.75) is 12.8 Å². The van der Waals surface area contributed by atoms with Crippen LogP contribution >= 0.6 is 11.6 Å². The van der Waals surface area contributed by atoms with Gasteiger partial charge in [-0.15, -0.1) is 11.6 Å². The van der Waals surface area contributed by atoms with Crippen LogP contribution in [0.4, 0.5) is 0 Å². The van der Waals surface area contributed by atoms with Crippen molar-refractivity contribution < 1.29 is 4.74 Å². The molecule has 0 aliphatic heterocycles. The molecular weight excluding hydrogens is 126 g/mol. The largest absolute Gasteiger partial charge is 0.484 e. The van der Waals surface area contributed by atoms with Gasteiger partial charge >= 0.3 is 0 Å². The smallest absolute Gasteiger partial charge is 0.180 e. The Kier molecular flexibility index (Phi) is 4.76. The molecule has 0 rings (SSSR count). The van der Waals surface area contributed by atoms with Crippen LogP contribution in [0.2, 0.25) is 0 Å². The van der Waals surface area contributed by atoms with E-state index in [0.29, 0.717) is 18.2 Å². The molecule has 0 aliphatic carbocycles. The van der Waals surface area contributed by atoms with Gasteiger partial charge in [-0.25, -0.2) is 0 Å². The molecule has 2 nitrogen and oxygen atoms in total. The van der Waals surface area contributed by atoms with Crippen LogP contribution in [0, 0.1) is 5.41 Å². The van der Waals surface area contributed by atoms with Crippen molar-refractivity contribution in [1.29, 1.82) is 5.41 Å². The molecule has 0 bridgehead atoms. The van der Waals surface area contributed by atoms with Gasteiger partial charge in [-0.2, -0.15) is 0 Å². The summed E-state index contributed by atoms with van der Waals surface area (Å²) in [5.74, 6) is 0.914. The Bertz CT molecular complexity index is 74.8. The van der Waals surface area contributed by atoms with E-state index in [1.807, 2.05) is 0 Å². The molecule has 48 valence electrons. The predicted molar refractivity (Wildman–Crippen MR) is 34.7 cm³/mol. The van der Waals surface area contributed by atoms with Crippen molar-refractivity contribution in [1.82, 2.24) is 0 Å². The molecule has 0 saturated carbocycles. The maximum atomic E-state index is 6.96. The molecule has 0 unspecified atom stereocenters. The zero-order valence-corrected chi connectivity index (χ0v) is 5.66. The van der Waals surface area contributed by atoms with Gasteiger partial charge in [-0.3, -0.25) is 5.41 Å². The molecule has 0 saturated heterocycles. The van der Waals surface area contributed by atoms with Gasteiger partial charge in [0.05, 0.1) is 7.11 Å². The molecular formula is C5H10ClNO. The van der Waals surface area contributed by atoms with Gasteiger partial charge in [-0.05, 0) is 6.42 Å². The summed E-state index contributed by atoms with van der Waals surface area (Å²) in [6, 6.07) is 0. The molecule has 0 spiro atoms. The van der Waals surface area contributed by atoms with Gasteiger partial charge in [0.2, 0.25) is 0 Å². The summed E-state index contributed by atoms with van der Waals surface area (Å²) in [7, 11) is 1.50. The van der Waals surface area contributed by atoms with E-state index in [0.717, 1.165) is 6.42 Å². The first-order valence-electron chi connectivity index (χ1n) is 2.48. The highest BCUT2D eigenvalue weighted by Gasteiger charge is 1.91. The van der Waals surface area contributed by atoms with Gasteiger partial charge in [0, 0.05) is 12.3 Å². The van der Waals surface area contributed by atoms with Crippen LogP contribution in [0.25, 0.3) is 0 Å². The van der Waals surface area contributed by atoms with E-state index in [1.165, 1.54) is 7.11 Å². The standard InChI is InChI=1S/C5H10ClNO/c1-8-5(7)3-2-4-6/h7H,2-4H2,1H3. The SMILES string of the molecule is COC(=N)CCCCl. The van der Waals surface area contributed by atoms with Crippen LogP contribution in [0.1, 0.15) is 12.8 Å². The van der Waals surface area contributed by atoms with Crippen LogP contribution in [0.15, 0.2) is 0 Å². The van der Waals surface area contributed by atoms with E-state index < -0.39 is 0 Å². The van der Waals surface area contributed by atoms with Gasteiger partial charge in [0.15, 0.2) is 5.90 Å². The first kappa shape index (κ1) is 7.76. The predicted octanol–water partition coefficient (Wildman–Crippen LogP) is 1.63. The molecule has 0 heterocycles. The topological polar surface area (TPSA) is 33.1 Å². The molecule has 0 aromatic rings. The molecule has 0 fully saturated rings. The van der Waals surface area contributed by atoms with Crippen molar-refractivity contribution in [3.8, 4) is 0 Å². The summed E-state index contributed by atoms with van der Waals surface area (Å²) in [5, 5.41) is 6.96. The lowest BCUT2D eigenvalue weighted by molar-refractivity contribution is 0.385. The number of halogens is 1. The molecule has 8 heavy (non-hydrogen) atoms. The van der Waals surface area contributed by atoms with E-state index in [2.05, 4.69) is 4.74 Å². The normalized spacial score (nSPS) is 8.75. The van der Waals surface area contributed by atoms with Gasteiger partial charge in [-0.1, -0.05) is 0 Å². The Morgan fingerprint density at radius 1 is 1.75 bits per heavy atom. The lowest BCUT2D eigenvalue weighted by Crippen LogP contribution is -1.97. The maximum Gasteiger partial charge on any atom is 0.180 e. The van der Waals surface area contributed by atoms with Crippen molar-refractivity contribution in [2.24, 2.45) is 0 Å². The fraction of sp³-hybridized carbons (Fsp3) is 0.800. The number of alkyl halides is 1. The summed E-state index contributed by atoms with van der Waals surface area (Å²) in [6.45, 7) is 0. The minimum Gasteiger partial charge on any atom is -0.484 e. The van der Waals surface area contributed by atoms with Crippen molar-refractivity contribution in [3.05, 3.63) is 0 Å². The van der Waals surface area contributed by atoms with E-state index in [9.17, 15) is 0 Å². The number of ether oxygens (including phenoxy) is 1. The second kappa shape index (κ2) is 4.91. The highest BCUT2D eigenvalue weighted by Crippen LogP contribution is 1.92. The first-order chi connectivity index (χ1) is 3.81. The minimum atomic E-state index is 0.311. The van der Waals surface area contributed by atoms with Gasteiger partial charge < -0.3 is 4.74 Å². The molecule has 0 aromatic carbocycles. The number of hydrogen-bond acceptors (Lipinski definition) is 2. The second-order valence-corrected chi connectivity index (χ2v) is 1.80. The lowest BCUT2D eigenvalue weighted by atomic mass is 10.3. The lowest BCUT2D eigenvalue weighted by Gasteiger charge is -1.97. The molecule has 0 radical (unpaired) electrons. The highest BCUT2D eigenvalue weighted by atomic mass is 35.5. The Morgan fingerprint density at radius 2 is 2.38 bits per heavy atom. The third kappa shape index (κ3) is 3.93. The Hall–Kier alpha value is -0.240. The molecule has 0 aromatic heterocycles. The molecule has 1 N–H and O–H groups in total. The zero-order valence-electron chi connectivity index (χ0n) is 4.91. The van der Waals surface area contributed by atoms with E-state index in [4.69, 9.17) is 17.0 Å². The Morgan fingerprint density at radius 3 is 2.75 bits per heavy atom. The van der Waals surface area contributed by atoms with Crippen LogP contribution in [-0.2, 0) is 4.74 Å². The highest BCUT2D eigenvalue weighted by molar-refractivity contribution is 6.17. The molecule has 0 atom stereocenters. The van der Waals surface area contributed by atoms with Gasteiger partial charge in [0.1, 0.15) is 0 Å². The quantitative estimate of drug-likeness (QED) is 0.356. The maximum absolute atomic E-state index is 6.96. The summed E-state index contributed by atoms with van der Waals surface area (Å²) < 4.78 is 4.58. The first-order valence-corrected chi connectivity index (χ1v) is 3.02. The van der Waals surface area contributed by atoms with Crippen molar-refractivity contribution in [2.75, 3.05) is 13.0 Å². The monoisotopic (exact) mass is 135 g/mol. The number of nitrogens with one attached hydrogen (secondary N) is 1. The van der Waals surface area contributed by atoms with Gasteiger partial charge in [0.25, 0.3) is 0 Å². The molecule has 0 amide bonds. The summed E-state index contributed by atoms with van der Waals surface area (Å²) in [5.41, 5.74) is 0. The third-order valence-electron chi connectivity index (χ3n) is 0.784. The van der Waals surface area contributed by atoms with Crippen molar-refractivity contribution in [3.63, 3.8) is 0 Å². The second-order valence-electron chi connectivity index (χ2n) is 1.42. The number of rotatable bonds is 3. The van der Waals surface area contributed by atoms with Crippen LogP contribution < -0.4 is 0 Å². The van der Waals surface area contributed by atoms with Crippen molar-refractivity contribution >= 4 is 17.5 Å². The Labute approximate surface area is 54.3 Å². The van der Waals surface area contributed by atoms with Crippen LogP contribution in [0.5, 0.6) is 0 Å². The Balaban J connectivity index is 2.99. The molecule has 0 aliphatic rings. The van der Waals surface area contributed by atoms with Crippen LogP contribution in [-0.4, -0.2) is 18.9 Å².